The van der Waals surface area contributed by atoms with Crippen molar-refractivity contribution in [2.45, 2.75) is 46.0 Å². The number of aromatic nitrogens is 1. The zero-order valence-electron chi connectivity index (χ0n) is 13.8. The number of carbonyl (C=O) groups is 1. The van der Waals surface area contributed by atoms with Crippen LogP contribution < -0.4 is 0 Å². The molecule has 0 spiro atoms. The lowest BCUT2D eigenvalue weighted by atomic mass is 9.91. The summed E-state index contributed by atoms with van der Waals surface area (Å²) in [6.45, 7) is 6.44. The number of aryl methyl sites for hydroxylation is 1. The number of hydrogen-bond donors (Lipinski definition) is 0. The van der Waals surface area contributed by atoms with Gasteiger partial charge < -0.3 is 0 Å². The van der Waals surface area contributed by atoms with E-state index in [0.29, 0.717) is 18.1 Å². The fourth-order valence-electron chi connectivity index (χ4n) is 2.63. The van der Waals surface area contributed by atoms with Crippen molar-refractivity contribution in [2.75, 3.05) is 0 Å². The van der Waals surface area contributed by atoms with Gasteiger partial charge in [-0.2, -0.15) is 0 Å². The van der Waals surface area contributed by atoms with Crippen LogP contribution in [0.5, 0.6) is 0 Å². The number of nitrogens with zero attached hydrogens (tertiary/aromatic N) is 1. The van der Waals surface area contributed by atoms with E-state index in [1.807, 2.05) is 25.3 Å². The van der Waals surface area contributed by atoms with Gasteiger partial charge in [0.05, 0.1) is 0 Å². The van der Waals surface area contributed by atoms with Gasteiger partial charge in [-0.15, -0.1) is 0 Å². The number of ketones is 1. The molecule has 0 aliphatic heterocycles. The predicted octanol–water partition coefficient (Wildman–Crippen LogP) is 4.59. The molecule has 22 heavy (non-hydrogen) atoms. The van der Waals surface area contributed by atoms with Gasteiger partial charge in [0.1, 0.15) is 5.78 Å². The third-order valence-corrected chi connectivity index (χ3v) is 3.99. The highest BCUT2D eigenvalue weighted by Gasteiger charge is 2.15. The first kappa shape index (κ1) is 16.4. The van der Waals surface area contributed by atoms with E-state index >= 15 is 0 Å². The Labute approximate surface area is 133 Å². The first-order valence-electron chi connectivity index (χ1n) is 8.06. The first-order chi connectivity index (χ1) is 10.6. The molecule has 1 heterocycles. The lowest BCUT2D eigenvalue weighted by molar-refractivity contribution is -0.120. The van der Waals surface area contributed by atoms with Crippen LogP contribution in [0.1, 0.15) is 49.8 Å². The van der Waals surface area contributed by atoms with E-state index in [4.69, 9.17) is 0 Å². The molecule has 0 radical (unpaired) electrons. The van der Waals surface area contributed by atoms with Crippen LogP contribution in [0.4, 0.5) is 0 Å². The summed E-state index contributed by atoms with van der Waals surface area (Å²) in [6, 6.07) is 12.4. The van der Waals surface area contributed by atoms with Crippen LogP contribution in [0.25, 0.3) is 0 Å². The van der Waals surface area contributed by atoms with E-state index in [1.165, 1.54) is 5.56 Å². The highest BCUT2D eigenvalue weighted by molar-refractivity contribution is 5.85. The molecule has 2 aromatic rings. The molecule has 0 bridgehead atoms. The Morgan fingerprint density at radius 1 is 1.05 bits per heavy atom. The third kappa shape index (κ3) is 4.80. The SMILES string of the molecule is CC(C)Cc1ccc(C(C)C(=O)CCc2cccnc2)cc1. The summed E-state index contributed by atoms with van der Waals surface area (Å²) in [5, 5.41) is 0. The number of rotatable bonds is 7. The molecule has 0 saturated carbocycles. The number of carbonyl (C=O) groups excluding carboxylic acids is 1. The van der Waals surface area contributed by atoms with Gasteiger partial charge in [-0.3, -0.25) is 9.78 Å². The van der Waals surface area contributed by atoms with Gasteiger partial charge in [0.25, 0.3) is 0 Å². The van der Waals surface area contributed by atoms with Crippen molar-refractivity contribution < 1.29 is 4.79 Å². The van der Waals surface area contributed by atoms with Gasteiger partial charge in [-0.05, 0) is 41.5 Å². The molecule has 116 valence electrons. The summed E-state index contributed by atoms with van der Waals surface area (Å²) >= 11 is 0. The van der Waals surface area contributed by atoms with E-state index in [-0.39, 0.29) is 5.92 Å². The summed E-state index contributed by atoms with van der Waals surface area (Å²) < 4.78 is 0. The van der Waals surface area contributed by atoms with Crippen LogP contribution in [0.2, 0.25) is 0 Å². The number of pyridine rings is 1. The fourth-order valence-corrected chi connectivity index (χ4v) is 2.63. The molecular formula is C20H25NO. The number of benzene rings is 1. The summed E-state index contributed by atoms with van der Waals surface area (Å²) in [5.74, 6) is 0.912. The lowest BCUT2D eigenvalue weighted by Gasteiger charge is -2.12. The van der Waals surface area contributed by atoms with Gasteiger partial charge in [0.15, 0.2) is 0 Å². The Morgan fingerprint density at radius 3 is 2.36 bits per heavy atom. The van der Waals surface area contributed by atoms with Crippen LogP contribution in [0.15, 0.2) is 48.8 Å². The molecule has 1 aromatic heterocycles. The predicted molar refractivity (Wildman–Crippen MR) is 91.0 cm³/mol. The van der Waals surface area contributed by atoms with Crippen LogP contribution in [0, 0.1) is 5.92 Å². The highest BCUT2D eigenvalue weighted by atomic mass is 16.1. The molecular weight excluding hydrogens is 270 g/mol. The fraction of sp³-hybridized carbons (Fsp3) is 0.400. The van der Waals surface area contributed by atoms with Crippen molar-refractivity contribution in [3.63, 3.8) is 0 Å². The quantitative estimate of drug-likeness (QED) is 0.748. The number of hydrogen-bond acceptors (Lipinski definition) is 2. The van der Waals surface area contributed by atoms with Crippen LogP contribution in [-0.2, 0) is 17.6 Å². The average molecular weight is 295 g/mol. The molecule has 0 amide bonds. The molecule has 0 fully saturated rings. The van der Waals surface area contributed by atoms with Gasteiger partial charge in [0.2, 0.25) is 0 Å². The van der Waals surface area contributed by atoms with E-state index in [9.17, 15) is 4.79 Å². The smallest absolute Gasteiger partial charge is 0.140 e. The second-order valence-corrected chi connectivity index (χ2v) is 6.39. The maximum atomic E-state index is 12.4. The highest BCUT2D eigenvalue weighted by Crippen LogP contribution is 2.20. The molecule has 2 nitrogen and oxygen atoms in total. The summed E-state index contributed by atoms with van der Waals surface area (Å²) in [6.07, 6.45) is 6.01. The third-order valence-electron chi connectivity index (χ3n) is 3.99. The largest absolute Gasteiger partial charge is 0.299 e. The molecule has 1 atom stereocenters. The van der Waals surface area contributed by atoms with Crippen LogP contribution in [0.3, 0.4) is 0 Å². The minimum Gasteiger partial charge on any atom is -0.299 e. The molecule has 0 aliphatic carbocycles. The molecule has 1 unspecified atom stereocenters. The minimum absolute atomic E-state index is 0.0372. The normalized spacial score (nSPS) is 12.4. The van der Waals surface area contributed by atoms with Crippen molar-refractivity contribution in [1.82, 2.24) is 4.98 Å². The van der Waals surface area contributed by atoms with Crippen molar-refractivity contribution in [3.05, 3.63) is 65.5 Å². The summed E-state index contributed by atoms with van der Waals surface area (Å²) in [5.41, 5.74) is 3.58. The molecule has 2 heteroatoms. The Kier molecular flexibility index (Phi) is 5.88. The topological polar surface area (TPSA) is 30.0 Å². The molecule has 1 aromatic carbocycles. The van der Waals surface area contributed by atoms with Gasteiger partial charge in [-0.1, -0.05) is 51.1 Å². The zero-order chi connectivity index (χ0) is 15.9. The maximum absolute atomic E-state index is 12.4. The molecule has 0 aliphatic rings. The van der Waals surface area contributed by atoms with Gasteiger partial charge in [0, 0.05) is 24.7 Å². The van der Waals surface area contributed by atoms with Crippen molar-refractivity contribution in [2.24, 2.45) is 5.92 Å². The van der Waals surface area contributed by atoms with Crippen LogP contribution in [-0.4, -0.2) is 10.8 Å². The zero-order valence-corrected chi connectivity index (χ0v) is 13.8. The van der Waals surface area contributed by atoms with Crippen molar-refractivity contribution in [1.29, 1.82) is 0 Å². The summed E-state index contributed by atoms with van der Waals surface area (Å²) in [4.78, 5) is 16.4. The Morgan fingerprint density at radius 2 is 1.77 bits per heavy atom. The van der Waals surface area contributed by atoms with Crippen LogP contribution >= 0.6 is 0 Å². The number of Topliss-reactive ketones (excluding diaryl/α,β-unsaturated/α-hetero) is 1. The van der Waals surface area contributed by atoms with E-state index in [2.05, 4.69) is 43.1 Å². The second-order valence-electron chi connectivity index (χ2n) is 6.39. The molecule has 0 N–H and O–H groups in total. The monoisotopic (exact) mass is 295 g/mol. The summed E-state index contributed by atoms with van der Waals surface area (Å²) in [7, 11) is 0. The molecule has 2 rings (SSSR count). The average Bonchev–Trinajstić information content (AvgIpc) is 2.53. The Hall–Kier alpha value is -1.96. The first-order valence-corrected chi connectivity index (χ1v) is 8.06. The van der Waals surface area contributed by atoms with E-state index in [1.54, 1.807) is 6.20 Å². The van der Waals surface area contributed by atoms with Gasteiger partial charge in [-0.25, -0.2) is 0 Å². The van der Waals surface area contributed by atoms with Gasteiger partial charge >= 0.3 is 0 Å². The minimum atomic E-state index is -0.0372. The maximum Gasteiger partial charge on any atom is 0.140 e. The molecule has 0 saturated heterocycles. The Balaban J connectivity index is 1.92. The second kappa shape index (κ2) is 7.88. The van der Waals surface area contributed by atoms with E-state index in [0.717, 1.165) is 24.0 Å². The standard InChI is InChI=1S/C20H25NO/c1-15(2)13-17-6-9-19(10-7-17)16(3)20(22)11-8-18-5-4-12-21-14-18/h4-7,9-10,12,14-16H,8,11,13H2,1-3H3. The van der Waals surface area contributed by atoms with Crippen molar-refractivity contribution >= 4 is 5.78 Å². The van der Waals surface area contributed by atoms with E-state index < -0.39 is 0 Å². The lowest BCUT2D eigenvalue weighted by Crippen LogP contribution is -2.10. The Bertz CT molecular complexity index is 587. The van der Waals surface area contributed by atoms with Crippen molar-refractivity contribution in [3.8, 4) is 0 Å².